The van der Waals surface area contributed by atoms with Crippen molar-refractivity contribution in [1.29, 1.82) is 0 Å². The fraction of sp³-hybridized carbons (Fsp3) is 0.154. The SMILES string of the molecule is CCN(CC)c1cccc(/C=C/C(=O)Nc2cc(-c3ccccc3F)ccc2/C(N)=N/O)c1. The number of hydrogen-bond donors (Lipinski definition) is 3. The first-order valence-electron chi connectivity index (χ1n) is 10.7. The second-order valence-electron chi connectivity index (χ2n) is 7.32. The van der Waals surface area contributed by atoms with E-state index in [-0.39, 0.29) is 11.7 Å². The Kier molecular flexibility index (Phi) is 7.81. The highest BCUT2D eigenvalue weighted by Crippen LogP contribution is 2.28. The third kappa shape index (κ3) is 5.77. The van der Waals surface area contributed by atoms with E-state index in [0.29, 0.717) is 22.4 Å². The molecule has 1 amide bonds. The van der Waals surface area contributed by atoms with Gasteiger partial charge < -0.3 is 21.2 Å². The summed E-state index contributed by atoms with van der Waals surface area (Å²) in [5.41, 5.74) is 9.29. The normalized spacial score (nSPS) is 11.5. The van der Waals surface area contributed by atoms with Crippen molar-refractivity contribution >= 4 is 29.2 Å². The molecule has 0 aliphatic rings. The topological polar surface area (TPSA) is 91.0 Å². The molecule has 0 aliphatic heterocycles. The van der Waals surface area contributed by atoms with E-state index in [4.69, 9.17) is 10.9 Å². The van der Waals surface area contributed by atoms with Crippen molar-refractivity contribution in [3.63, 3.8) is 0 Å². The summed E-state index contributed by atoms with van der Waals surface area (Å²) in [6.07, 6.45) is 3.12. The maximum absolute atomic E-state index is 14.3. The zero-order valence-electron chi connectivity index (χ0n) is 18.6. The summed E-state index contributed by atoms with van der Waals surface area (Å²) < 4.78 is 14.3. The van der Waals surface area contributed by atoms with Gasteiger partial charge in [0.1, 0.15) is 5.82 Å². The molecule has 0 aliphatic carbocycles. The van der Waals surface area contributed by atoms with Crippen molar-refractivity contribution in [3.8, 4) is 11.1 Å². The number of amidine groups is 1. The van der Waals surface area contributed by atoms with E-state index in [9.17, 15) is 9.18 Å². The van der Waals surface area contributed by atoms with Crippen LogP contribution in [0, 0.1) is 5.82 Å². The number of anilines is 2. The van der Waals surface area contributed by atoms with Crippen LogP contribution in [0.1, 0.15) is 25.0 Å². The highest BCUT2D eigenvalue weighted by atomic mass is 19.1. The summed E-state index contributed by atoms with van der Waals surface area (Å²) in [6, 6.07) is 19.0. The predicted octanol–water partition coefficient (Wildman–Crippen LogP) is 5.09. The zero-order chi connectivity index (χ0) is 23.8. The molecule has 0 fully saturated rings. The van der Waals surface area contributed by atoms with Crippen LogP contribution in [0.5, 0.6) is 0 Å². The van der Waals surface area contributed by atoms with E-state index in [1.165, 1.54) is 12.1 Å². The molecular weight excluding hydrogens is 419 g/mol. The Morgan fingerprint density at radius 1 is 1.09 bits per heavy atom. The van der Waals surface area contributed by atoms with Gasteiger partial charge >= 0.3 is 0 Å². The molecule has 0 atom stereocenters. The smallest absolute Gasteiger partial charge is 0.248 e. The lowest BCUT2D eigenvalue weighted by Gasteiger charge is -2.21. The number of oxime groups is 1. The van der Waals surface area contributed by atoms with Gasteiger partial charge in [0, 0.05) is 36.0 Å². The van der Waals surface area contributed by atoms with Gasteiger partial charge in [-0.3, -0.25) is 4.79 Å². The number of carbonyl (C=O) groups excluding carboxylic acids is 1. The standard InChI is InChI=1S/C26H27FN4O2/c1-3-31(4-2)20-9-7-8-18(16-20)12-15-25(32)29-24-17-19(13-14-22(24)26(28)30-33)21-10-5-6-11-23(21)27/h5-17,33H,3-4H2,1-2H3,(H2,28,30)(H,29,32)/b15-12+. The summed E-state index contributed by atoms with van der Waals surface area (Å²) in [4.78, 5) is 14.9. The summed E-state index contributed by atoms with van der Waals surface area (Å²) in [7, 11) is 0. The number of nitrogens with one attached hydrogen (secondary N) is 1. The van der Waals surface area contributed by atoms with E-state index in [2.05, 4.69) is 29.2 Å². The zero-order valence-corrected chi connectivity index (χ0v) is 18.6. The van der Waals surface area contributed by atoms with Crippen LogP contribution in [-0.4, -0.2) is 30.0 Å². The minimum absolute atomic E-state index is 0.165. The van der Waals surface area contributed by atoms with Crippen LogP contribution in [0.4, 0.5) is 15.8 Å². The molecule has 0 saturated carbocycles. The van der Waals surface area contributed by atoms with E-state index in [1.54, 1.807) is 42.5 Å². The molecule has 3 aromatic carbocycles. The number of amides is 1. The lowest BCUT2D eigenvalue weighted by Crippen LogP contribution is -2.21. The Morgan fingerprint density at radius 3 is 2.55 bits per heavy atom. The van der Waals surface area contributed by atoms with Gasteiger partial charge in [0.05, 0.1) is 5.69 Å². The molecule has 6 nitrogen and oxygen atoms in total. The van der Waals surface area contributed by atoms with E-state index >= 15 is 0 Å². The number of rotatable bonds is 8. The van der Waals surface area contributed by atoms with Crippen LogP contribution >= 0.6 is 0 Å². The van der Waals surface area contributed by atoms with Gasteiger partial charge in [0.2, 0.25) is 5.91 Å². The minimum atomic E-state index is -0.402. The summed E-state index contributed by atoms with van der Waals surface area (Å²) in [5.74, 6) is -0.957. The third-order valence-corrected chi connectivity index (χ3v) is 5.27. The van der Waals surface area contributed by atoms with Crippen molar-refractivity contribution in [2.45, 2.75) is 13.8 Å². The van der Waals surface area contributed by atoms with Crippen molar-refractivity contribution in [3.05, 3.63) is 89.8 Å². The first-order chi connectivity index (χ1) is 16.0. The maximum atomic E-state index is 14.3. The second kappa shape index (κ2) is 10.9. The summed E-state index contributed by atoms with van der Waals surface area (Å²) in [5, 5.41) is 14.9. The van der Waals surface area contributed by atoms with Gasteiger partial charge in [0.25, 0.3) is 0 Å². The Morgan fingerprint density at radius 2 is 1.85 bits per heavy atom. The molecule has 33 heavy (non-hydrogen) atoms. The lowest BCUT2D eigenvalue weighted by atomic mass is 10.0. The van der Waals surface area contributed by atoms with Gasteiger partial charge in [0.15, 0.2) is 5.84 Å². The van der Waals surface area contributed by atoms with Crippen molar-refractivity contribution in [2.75, 3.05) is 23.3 Å². The van der Waals surface area contributed by atoms with Crippen LogP contribution in [0.25, 0.3) is 17.2 Å². The van der Waals surface area contributed by atoms with Crippen LogP contribution in [0.3, 0.4) is 0 Å². The molecule has 0 spiro atoms. The van der Waals surface area contributed by atoms with Gasteiger partial charge in [-0.1, -0.05) is 41.6 Å². The molecule has 3 aromatic rings. The first-order valence-corrected chi connectivity index (χ1v) is 10.7. The largest absolute Gasteiger partial charge is 0.409 e. The van der Waals surface area contributed by atoms with Crippen LogP contribution < -0.4 is 16.0 Å². The van der Waals surface area contributed by atoms with Crippen LogP contribution in [-0.2, 0) is 4.79 Å². The first kappa shape index (κ1) is 23.5. The molecule has 0 unspecified atom stereocenters. The fourth-order valence-corrected chi connectivity index (χ4v) is 3.55. The maximum Gasteiger partial charge on any atom is 0.248 e. The Labute approximate surface area is 192 Å². The molecule has 0 heterocycles. The Balaban J connectivity index is 1.87. The van der Waals surface area contributed by atoms with E-state index < -0.39 is 5.91 Å². The quantitative estimate of drug-likeness (QED) is 0.148. The van der Waals surface area contributed by atoms with Crippen LogP contribution in [0.2, 0.25) is 0 Å². The lowest BCUT2D eigenvalue weighted by molar-refractivity contribution is -0.111. The Hall–Kier alpha value is -4.13. The number of halogens is 1. The van der Waals surface area contributed by atoms with Crippen molar-refractivity contribution in [2.24, 2.45) is 10.9 Å². The average Bonchev–Trinajstić information content (AvgIpc) is 2.83. The van der Waals surface area contributed by atoms with E-state index in [1.807, 2.05) is 24.3 Å². The molecule has 3 rings (SSSR count). The number of benzene rings is 3. The van der Waals surface area contributed by atoms with Gasteiger partial charge in [-0.15, -0.1) is 0 Å². The molecule has 0 aromatic heterocycles. The highest BCUT2D eigenvalue weighted by molar-refractivity contribution is 6.09. The van der Waals surface area contributed by atoms with Crippen molar-refractivity contribution < 1.29 is 14.4 Å². The molecule has 0 radical (unpaired) electrons. The number of nitrogens with zero attached hydrogens (tertiary/aromatic N) is 2. The Bertz CT molecular complexity index is 1190. The number of hydrogen-bond acceptors (Lipinski definition) is 4. The summed E-state index contributed by atoms with van der Waals surface area (Å²) in [6.45, 7) is 5.96. The number of carbonyl (C=O) groups is 1. The van der Waals surface area contributed by atoms with Gasteiger partial charge in [-0.25, -0.2) is 4.39 Å². The van der Waals surface area contributed by atoms with Crippen LogP contribution in [0.15, 0.2) is 78.0 Å². The van der Waals surface area contributed by atoms with Gasteiger partial charge in [-0.2, -0.15) is 0 Å². The molecule has 7 heteroatoms. The monoisotopic (exact) mass is 446 g/mol. The predicted molar refractivity (Wildman–Crippen MR) is 132 cm³/mol. The molecule has 170 valence electrons. The van der Waals surface area contributed by atoms with E-state index in [0.717, 1.165) is 24.3 Å². The average molecular weight is 447 g/mol. The molecule has 4 N–H and O–H groups in total. The molecule has 0 bridgehead atoms. The second-order valence-corrected chi connectivity index (χ2v) is 7.32. The highest BCUT2D eigenvalue weighted by Gasteiger charge is 2.13. The molecular formula is C26H27FN4O2. The number of nitrogens with two attached hydrogens (primary N) is 1. The minimum Gasteiger partial charge on any atom is -0.409 e. The third-order valence-electron chi connectivity index (χ3n) is 5.27. The van der Waals surface area contributed by atoms with Crippen molar-refractivity contribution in [1.82, 2.24) is 0 Å². The summed E-state index contributed by atoms with van der Waals surface area (Å²) >= 11 is 0. The van der Waals surface area contributed by atoms with Gasteiger partial charge in [-0.05, 0) is 61.4 Å². The fourth-order valence-electron chi connectivity index (χ4n) is 3.55. The molecule has 0 saturated heterocycles.